The zero-order chi connectivity index (χ0) is 24.3. The summed E-state index contributed by atoms with van der Waals surface area (Å²) in [5.41, 5.74) is 3.36. The standard InChI is InChI=1S/C23H28N2O3.2C2H6/c1-24(2)21(26)17-8-10-19(11-9-17)23(12-14-25(3)15-13-23)20-7-5-6-18(16-20)22(27)28-4;2*1-2/h5-11,16H,12-15H2,1-4H3;2*1-2H3. The molecule has 1 aliphatic rings. The highest BCUT2D eigenvalue weighted by Crippen LogP contribution is 2.42. The Kier molecular flexibility index (Phi) is 11.1. The number of benzene rings is 2. The second-order valence-corrected chi connectivity index (χ2v) is 7.73. The number of carbonyl (C=O) groups excluding carboxylic acids is 2. The summed E-state index contributed by atoms with van der Waals surface area (Å²) in [7, 11) is 7.05. The fraction of sp³-hybridized carbons (Fsp3) is 0.481. The number of piperidine rings is 1. The molecular formula is C27H40N2O3. The number of methoxy groups -OCH3 is 1. The highest BCUT2D eigenvalue weighted by atomic mass is 16.5. The van der Waals surface area contributed by atoms with Crippen LogP contribution in [-0.2, 0) is 10.2 Å². The SMILES string of the molecule is CC.CC.COC(=O)c1cccc(C2(c3ccc(C(=O)N(C)C)cc3)CCN(C)CC2)c1. The van der Waals surface area contributed by atoms with Crippen molar-refractivity contribution in [3.8, 4) is 0 Å². The van der Waals surface area contributed by atoms with Crippen LogP contribution in [0.15, 0.2) is 48.5 Å². The van der Waals surface area contributed by atoms with Gasteiger partial charge in [-0.15, -0.1) is 0 Å². The third kappa shape index (κ3) is 6.19. The molecular weight excluding hydrogens is 400 g/mol. The second kappa shape index (κ2) is 13.0. The van der Waals surface area contributed by atoms with Crippen molar-refractivity contribution in [1.29, 1.82) is 0 Å². The Balaban J connectivity index is 0.00000121. The maximum absolute atomic E-state index is 12.2. The first-order valence-corrected chi connectivity index (χ1v) is 11.6. The van der Waals surface area contributed by atoms with Crippen molar-refractivity contribution < 1.29 is 14.3 Å². The molecule has 0 atom stereocenters. The van der Waals surface area contributed by atoms with Crippen LogP contribution in [0.3, 0.4) is 0 Å². The summed E-state index contributed by atoms with van der Waals surface area (Å²) >= 11 is 0. The number of ether oxygens (including phenoxy) is 1. The van der Waals surface area contributed by atoms with Gasteiger partial charge in [-0.3, -0.25) is 4.79 Å². The van der Waals surface area contributed by atoms with Gasteiger partial charge in [0.15, 0.2) is 0 Å². The van der Waals surface area contributed by atoms with Crippen molar-refractivity contribution in [3.63, 3.8) is 0 Å². The molecule has 1 amide bonds. The molecule has 176 valence electrons. The molecule has 0 aromatic heterocycles. The Bertz CT molecular complexity index is 851. The van der Waals surface area contributed by atoms with E-state index in [0.717, 1.165) is 31.5 Å². The molecule has 1 saturated heterocycles. The molecule has 0 bridgehead atoms. The summed E-state index contributed by atoms with van der Waals surface area (Å²) in [6.07, 6.45) is 1.91. The van der Waals surface area contributed by atoms with Crippen molar-refractivity contribution in [2.75, 3.05) is 41.3 Å². The van der Waals surface area contributed by atoms with Gasteiger partial charge in [-0.1, -0.05) is 52.0 Å². The number of carbonyl (C=O) groups is 2. The van der Waals surface area contributed by atoms with Crippen molar-refractivity contribution in [3.05, 3.63) is 70.8 Å². The van der Waals surface area contributed by atoms with Crippen LogP contribution >= 0.6 is 0 Å². The molecule has 3 rings (SSSR count). The van der Waals surface area contributed by atoms with Gasteiger partial charge in [0.2, 0.25) is 0 Å². The third-order valence-electron chi connectivity index (χ3n) is 5.77. The molecule has 0 radical (unpaired) electrons. The van der Waals surface area contributed by atoms with E-state index in [1.54, 1.807) is 25.1 Å². The monoisotopic (exact) mass is 440 g/mol. The van der Waals surface area contributed by atoms with Crippen molar-refractivity contribution in [1.82, 2.24) is 9.80 Å². The first kappa shape index (κ1) is 27.4. The minimum atomic E-state index is -0.322. The quantitative estimate of drug-likeness (QED) is 0.610. The Morgan fingerprint density at radius 3 is 1.94 bits per heavy atom. The van der Waals surface area contributed by atoms with Gasteiger partial charge in [0, 0.05) is 25.1 Å². The van der Waals surface area contributed by atoms with Crippen molar-refractivity contribution in [2.45, 2.75) is 46.0 Å². The molecule has 1 heterocycles. The minimum absolute atomic E-state index is 0.00309. The average Bonchev–Trinajstić information content (AvgIpc) is 2.86. The minimum Gasteiger partial charge on any atom is -0.465 e. The Morgan fingerprint density at radius 1 is 0.875 bits per heavy atom. The first-order valence-electron chi connectivity index (χ1n) is 11.6. The lowest BCUT2D eigenvalue weighted by Gasteiger charge is -2.42. The lowest BCUT2D eigenvalue weighted by molar-refractivity contribution is 0.0600. The molecule has 2 aromatic carbocycles. The van der Waals surface area contributed by atoms with Gasteiger partial charge in [0.25, 0.3) is 5.91 Å². The van der Waals surface area contributed by atoms with Gasteiger partial charge in [0.05, 0.1) is 12.7 Å². The largest absolute Gasteiger partial charge is 0.465 e. The lowest BCUT2D eigenvalue weighted by Crippen LogP contribution is -2.41. The van der Waals surface area contributed by atoms with Crippen LogP contribution in [0.25, 0.3) is 0 Å². The van der Waals surface area contributed by atoms with E-state index in [4.69, 9.17) is 4.74 Å². The van der Waals surface area contributed by atoms with Crippen LogP contribution in [0.5, 0.6) is 0 Å². The molecule has 1 aliphatic heterocycles. The van der Waals surface area contributed by atoms with Crippen LogP contribution in [0.4, 0.5) is 0 Å². The average molecular weight is 441 g/mol. The fourth-order valence-corrected chi connectivity index (χ4v) is 4.00. The zero-order valence-corrected chi connectivity index (χ0v) is 21.1. The molecule has 0 aliphatic carbocycles. The Hall–Kier alpha value is -2.66. The number of nitrogens with zero attached hydrogens (tertiary/aromatic N) is 2. The van der Waals surface area contributed by atoms with Crippen LogP contribution in [0, 0.1) is 0 Å². The number of esters is 1. The summed E-state index contributed by atoms with van der Waals surface area (Å²) < 4.78 is 4.91. The lowest BCUT2D eigenvalue weighted by atomic mass is 9.67. The zero-order valence-electron chi connectivity index (χ0n) is 21.1. The van der Waals surface area contributed by atoms with E-state index in [9.17, 15) is 9.59 Å². The molecule has 5 heteroatoms. The highest BCUT2D eigenvalue weighted by Gasteiger charge is 2.37. The predicted molar refractivity (Wildman–Crippen MR) is 132 cm³/mol. The smallest absolute Gasteiger partial charge is 0.337 e. The van der Waals surface area contributed by atoms with Crippen molar-refractivity contribution in [2.24, 2.45) is 0 Å². The number of hydrogen-bond acceptors (Lipinski definition) is 4. The Morgan fingerprint density at radius 2 is 1.44 bits per heavy atom. The summed E-state index contributed by atoms with van der Waals surface area (Å²) in [6.45, 7) is 9.95. The summed E-state index contributed by atoms with van der Waals surface area (Å²) in [5.74, 6) is -0.325. The van der Waals surface area contributed by atoms with Crippen LogP contribution in [-0.4, -0.2) is 63.0 Å². The highest BCUT2D eigenvalue weighted by molar-refractivity contribution is 5.94. The topological polar surface area (TPSA) is 49.9 Å². The van der Waals surface area contributed by atoms with Gasteiger partial charge < -0.3 is 14.5 Å². The van der Waals surface area contributed by atoms with E-state index in [1.165, 1.54) is 12.7 Å². The number of hydrogen-bond donors (Lipinski definition) is 0. The van der Waals surface area contributed by atoms with Gasteiger partial charge in [-0.2, -0.15) is 0 Å². The van der Waals surface area contributed by atoms with E-state index in [2.05, 4.69) is 30.1 Å². The summed E-state index contributed by atoms with van der Waals surface area (Å²) in [5, 5.41) is 0. The molecule has 0 saturated carbocycles. The van der Waals surface area contributed by atoms with Crippen LogP contribution in [0.2, 0.25) is 0 Å². The van der Waals surface area contributed by atoms with Gasteiger partial charge in [-0.25, -0.2) is 4.79 Å². The van der Waals surface area contributed by atoms with E-state index >= 15 is 0 Å². The number of likely N-dealkylation sites (tertiary alicyclic amines) is 1. The maximum Gasteiger partial charge on any atom is 0.337 e. The molecule has 0 spiro atoms. The normalized spacial score (nSPS) is 14.8. The molecule has 2 aromatic rings. The molecule has 0 unspecified atom stereocenters. The fourth-order valence-electron chi connectivity index (χ4n) is 4.00. The van der Waals surface area contributed by atoms with Gasteiger partial charge in [-0.05, 0) is 68.4 Å². The van der Waals surface area contributed by atoms with E-state index in [-0.39, 0.29) is 17.3 Å². The second-order valence-electron chi connectivity index (χ2n) is 7.73. The van der Waals surface area contributed by atoms with Crippen molar-refractivity contribution >= 4 is 11.9 Å². The van der Waals surface area contributed by atoms with E-state index in [1.807, 2.05) is 52.0 Å². The third-order valence-corrected chi connectivity index (χ3v) is 5.77. The number of rotatable bonds is 4. The summed E-state index contributed by atoms with van der Waals surface area (Å²) in [4.78, 5) is 28.2. The molecule has 32 heavy (non-hydrogen) atoms. The van der Waals surface area contributed by atoms with Gasteiger partial charge >= 0.3 is 5.97 Å². The molecule has 0 N–H and O–H groups in total. The van der Waals surface area contributed by atoms with Crippen LogP contribution < -0.4 is 0 Å². The molecule has 1 fully saturated rings. The Labute approximate surface area is 194 Å². The predicted octanol–water partition coefficient (Wildman–Crippen LogP) is 5.24. The van der Waals surface area contributed by atoms with Crippen LogP contribution in [0.1, 0.15) is 72.4 Å². The summed E-state index contributed by atoms with van der Waals surface area (Å²) in [6, 6.07) is 15.7. The number of amides is 1. The molecule has 5 nitrogen and oxygen atoms in total. The van der Waals surface area contributed by atoms with E-state index in [0.29, 0.717) is 11.1 Å². The maximum atomic E-state index is 12.2. The van der Waals surface area contributed by atoms with E-state index < -0.39 is 0 Å². The first-order chi connectivity index (χ1) is 15.4. The van der Waals surface area contributed by atoms with Gasteiger partial charge in [0.1, 0.15) is 0 Å².